The Kier molecular flexibility index (Phi) is 62.1. The van der Waals surface area contributed by atoms with E-state index in [9.17, 15) is 43.2 Å². The number of aliphatic hydroxyl groups excluding tert-OH is 1. The Labute approximate surface area is 543 Å². The first kappa shape index (κ1) is 87.1. The zero-order valence-corrected chi connectivity index (χ0v) is 59.4. The molecule has 3 unspecified atom stereocenters. The fourth-order valence-corrected chi connectivity index (χ4v) is 12.2. The van der Waals surface area contributed by atoms with E-state index in [1.54, 1.807) is 0 Å². The highest BCUT2D eigenvalue weighted by Crippen LogP contribution is 2.45. The van der Waals surface area contributed by atoms with Crippen molar-refractivity contribution in [2.24, 2.45) is 5.92 Å². The molecule has 0 aromatic carbocycles. The molecule has 0 saturated carbocycles. The van der Waals surface area contributed by atoms with Gasteiger partial charge in [-0.3, -0.25) is 37.3 Å². The molecule has 89 heavy (non-hydrogen) atoms. The van der Waals surface area contributed by atoms with Crippen LogP contribution in [0.1, 0.15) is 362 Å². The SMILES string of the molecule is CCCCCCCCCCCCCCC(=O)OC[C@H](COP(=O)(O)OC[C@@H](O)COP(=O)(O)OC[C@@H](COC(=O)CCCCCCCCCCC)OC(=O)CCCCCCCCCCCC)OC(=O)CCCCCCCCCCCCCCCCC(C)CC. The van der Waals surface area contributed by atoms with Gasteiger partial charge in [0.25, 0.3) is 0 Å². The quantitative estimate of drug-likeness (QED) is 0.0222. The Balaban J connectivity index is 5.21. The fraction of sp³-hybridized carbons (Fsp3) is 0.943. The molecule has 0 aromatic heterocycles. The number of phosphoric ester groups is 2. The van der Waals surface area contributed by atoms with Gasteiger partial charge in [-0.05, 0) is 31.6 Å². The first-order chi connectivity index (χ1) is 43.1. The van der Waals surface area contributed by atoms with E-state index in [4.69, 9.17) is 37.0 Å². The number of carbonyl (C=O) groups excluding carboxylic acids is 4. The van der Waals surface area contributed by atoms with Gasteiger partial charge in [0.15, 0.2) is 12.2 Å². The lowest BCUT2D eigenvalue weighted by atomic mass is 9.99. The van der Waals surface area contributed by atoms with E-state index in [1.807, 2.05) is 0 Å². The molecule has 0 heterocycles. The van der Waals surface area contributed by atoms with Gasteiger partial charge >= 0.3 is 39.5 Å². The molecule has 0 aliphatic rings. The minimum Gasteiger partial charge on any atom is -0.462 e. The predicted molar refractivity (Wildman–Crippen MR) is 358 cm³/mol. The standard InChI is InChI=1S/C70H136O17P2/c1-6-10-13-16-19-22-24-30-35-39-44-49-54-68(73)81-60-66(87-70(75)56-51-46-41-36-31-28-26-25-27-29-33-37-42-47-52-63(5)9-4)62-85-89(78,79)83-58-64(71)57-82-88(76,77)84-61-65(59-80-67(72)53-48-43-38-32-21-18-15-12-8-3)86-69(74)55-50-45-40-34-23-20-17-14-11-7-2/h63-66,71H,6-62H2,1-5H3,(H,76,77)(H,78,79)/t63?,64-,65+,66+/m0/s1. The summed E-state index contributed by atoms with van der Waals surface area (Å²) in [4.78, 5) is 72.4. The number of ether oxygens (including phenoxy) is 4. The lowest BCUT2D eigenvalue weighted by Crippen LogP contribution is -2.30. The molecule has 0 rings (SSSR count). The lowest BCUT2D eigenvalue weighted by molar-refractivity contribution is -0.161. The van der Waals surface area contributed by atoms with Crippen molar-refractivity contribution in [3.63, 3.8) is 0 Å². The van der Waals surface area contributed by atoms with Crippen LogP contribution in [0.15, 0.2) is 0 Å². The second-order valence-corrected chi connectivity index (χ2v) is 28.4. The maximum atomic E-state index is 13.0. The number of phosphoric acid groups is 2. The average Bonchev–Trinajstić information content (AvgIpc) is 3.57. The third-order valence-electron chi connectivity index (χ3n) is 16.6. The minimum atomic E-state index is -4.95. The van der Waals surface area contributed by atoms with Gasteiger partial charge in [0.05, 0.1) is 26.4 Å². The van der Waals surface area contributed by atoms with Crippen LogP contribution in [0, 0.1) is 5.92 Å². The number of aliphatic hydroxyl groups is 1. The third-order valence-corrected chi connectivity index (χ3v) is 18.5. The highest BCUT2D eigenvalue weighted by atomic mass is 31.2. The van der Waals surface area contributed by atoms with Crippen LogP contribution < -0.4 is 0 Å². The lowest BCUT2D eigenvalue weighted by Gasteiger charge is -2.21. The molecule has 19 heteroatoms. The number of unbranched alkanes of at least 4 members (excludes halogenated alkanes) is 41. The fourth-order valence-electron chi connectivity index (χ4n) is 10.6. The predicted octanol–water partition coefficient (Wildman–Crippen LogP) is 20.1. The van der Waals surface area contributed by atoms with E-state index in [0.717, 1.165) is 95.8 Å². The van der Waals surface area contributed by atoms with Crippen LogP contribution in [0.25, 0.3) is 0 Å². The van der Waals surface area contributed by atoms with Crippen molar-refractivity contribution >= 4 is 39.5 Å². The van der Waals surface area contributed by atoms with E-state index in [0.29, 0.717) is 25.7 Å². The second-order valence-electron chi connectivity index (χ2n) is 25.5. The maximum Gasteiger partial charge on any atom is 0.472 e. The Morgan fingerprint density at radius 2 is 0.539 bits per heavy atom. The van der Waals surface area contributed by atoms with Crippen LogP contribution in [0.3, 0.4) is 0 Å². The normalized spacial score (nSPS) is 14.4. The van der Waals surface area contributed by atoms with Crippen molar-refractivity contribution in [3.05, 3.63) is 0 Å². The zero-order chi connectivity index (χ0) is 65.6. The highest BCUT2D eigenvalue weighted by molar-refractivity contribution is 7.47. The molecule has 3 N–H and O–H groups in total. The maximum absolute atomic E-state index is 13.0. The number of carbonyl (C=O) groups is 4. The van der Waals surface area contributed by atoms with Gasteiger partial charge in [-0.15, -0.1) is 0 Å². The molecule has 0 aliphatic carbocycles. The van der Waals surface area contributed by atoms with Crippen molar-refractivity contribution in [2.45, 2.75) is 380 Å². The molecular weight excluding hydrogens is 1170 g/mol. The summed E-state index contributed by atoms with van der Waals surface area (Å²) < 4.78 is 68.2. The summed E-state index contributed by atoms with van der Waals surface area (Å²) in [5, 5.41) is 10.6. The molecule has 0 radical (unpaired) electrons. The first-order valence-electron chi connectivity index (χ1n) is 36.7. The summed E-state index contributed by atoms with van der Waals surface area (Å²) in [7, 11) is -9.89. The minimum absolute atomic E-state index is 0.107. The number of hydrogen-bond donors (Lipinski definition) is 3. The molecule has 528 valence electrons. The molecule has 0 spiro atoms. The summed E-state index contributed by atoms with van der Waals surface area (Å²) in [6.45, 7) is 7.28. The van der Waals surface area contributed by atoms with E-state index >= 15 is 0 Å². The Morgan fingerprint density at radius 3 is 0.798 bits per heavy atom. The van der Waals surface area contributed by atoms with Crippen LogP contribution in [-0.4, -0.2) is 96.7 Å². The number of hydrogen-bond acceptors (Lipinski definition) is 15. The van der Waals surface area contributed by atoms with Crippen LogP contribution in [0.5, 0.6) is 0 Å². The van der Waals surface area contributed by atoms with Crippen molar-refractivity contribution in [3.8, 4) is 0 Å². The average molecular weight is 1310 g/mol. The molecule has 0 fully saturated rings. The van der Waals surface area contributed by atoms with Gasteiger partial charge in [0.2, 0.25) is 0 Å². The Hall–Kier alpha value is -1.94. The Bertz CT molecular complexity index is 1720. The van der Waals surface area contributed by atoms with Crippen LogP contribution in [-0.2, 0) is 65.4 Å². The van der Waals surface area contributed by atoms with Gasteiger partial charge in [-0.1, -0.05) is 311 Å². The molecule has 0 aromatic rings. The molecule has 0 saturated heterocycles. The number of esters is 4. The van der Waals surface area contributed by atoms with Crippen LogP contribution in [0.4, 0.5) is 0 Å². The summed E-state index contributed by atoms with van der Waals surface area (Å²) >= 11 is 0. The van der Waals surface area contributed by atoms with E-state index in [1.165, 1.54) is 186 Å². The van der Waals surface area contributed by atoms with E-state index in [-0.39, 0.29) is 25.7 Å². The molecule has 0 bridgehead atoms. The van der Waals surface area contributed by atoms with Gasteiger partial charge in [0, 0.05) is 25.7 Å². The van der Waals surface area contributed by atoms with Gasteiger partial charge in [-0.25, -0.2) is 9.13 Å². The van der Waals surface area contributed by atoms with Gasteiger partial charge < -0.3 is 33.8 Å². The molecule has 17 nitrogen and oxygen atoms in total. The second kappa shape index (κ2) is 63.5. The largest absolute Gasteiger partial charge is 0.472 e. The van der Waals surface area contributed by atoms with Crippen LogP contribution in [0.2, 0.25) is 0 Å². The van der Waals surface area contributed by atoms with Gasteiger partial charge in [-0.2, -0.15) is 0 Å². The number of rotatable bonds is 70. The van der Waals surface area contributed by atoms with E-state index < -0.39 is 97.5 Å². The first-order valence-corrected chi connectivity index (χ1v) is 39.7. The van der Waals surface area contributed by atoms with Crippen molar-refractivity contribution < 1.29 is 80.2 Å². The molecular formula is C70H136O17P2. The monoisotopic (exact) mass is 1310 g/mol. The third kappa shape index (κ3) is 63.2. The molecule has 0 aliphatic heterocycles. The summed E-state index contributed by atoms with van der Waals surface area (Å²) in [5.74, 6) is -1.28. The molecule has 6 atom stereocenters. The topological polar surface area (TPSA) is 237 Å². The van der Waals surface area contributed by atoms with Crippen molar-refractivity contribution in [2.75, 3.05) is 39.6 Å². The smallest absolute Gasteiger partial charge is 0.462 e. The van der Waals surface area contributed by atoms with Crippen LogP contribution >= 0.6 is 15.6 Å². The zero-order valence-electron chi connectivity index (χ0n) is 57.6. The Morgan fingerprint density at radius 1 is 0.315 bits per heavy atom. The summed E-state index contributed by atoms with van der Waals surface area (Å²) in [6, 6.07) is 0. The highest BCUT2D eigenvalue weighted by Gasteiger charge is 2.30. The molecule has 0 amide bonds. The summed E-state index contributed by atoms with van der Waals surface area (Å²) in [5.41, 5.74) is 0. The van der Waals surface area contributed by atoms with Gasteiger partial charge in [0.1, 0.15) is 19.3 Å². The van der Waals surface area contributed by atoms with E-state index in [2.05, 4.69) is 34.6 Å². The van der Waals surface area contributed by atoms with Crippen molar-refractivity contribution in [1.82, 2.24) is 0 Å². The summed E-state index contributed by atoms with van der Waals surface area (Å²) in [6.07, 6.45) is 49.8. The van der Waals surface area contributed by atoms with Crippen molar-refractivity contribution in [1.29, 1.82) is 0 Å².